The van der Waals surface area contributed by atoms with Gasteiger partial charge in [0.1, 0.15) is 5.82 Å². The van der Waals surface area contributed by atoms with E-state index in [4.69, 9.17) is 0 Å². The van der Waals surface area contributed by atoms with Crippen molar-refractivity contribution in [1.82, 2.24) is 9.44 Å². The van der Waals surface area contributed by atoms with Gasteiger partial charge in [0, 0.05) is 13.1 Å². The molecule has 19 heavy (non-hydrogen) atoms. The van der Waals surface area contributed by atoms with Crippen LogP contribution in [0.1, 0.15) is 6.42 Å². The lowest BCUT2D eigenvalue weighted by atomic mass is 10.4. The Labute approximate surface area is 112 Å². The van der Waals surface area contributed by atoms with Gasteiger partial charge < -0.3 is 0 Å². The molecule has 0 atom stereocenters. The van der Waals surface area contributed by atoms with Gasteiger partial charge in [0.05, 0.1) is 11.2 Å². The van der Waals surface area contributed by atoms with E-state index in [2.05, 4.69) is 9.44 Å². The van der Waals surface area contributed by atoms with E-state index in [1.165, 1.54) is 12.1 Å². The molecule has 0 aliphatic carbocycles. The van der Waals surface area contributed by atoms with Crippen LogP contribution in [0, 0.1) is 5.82 Å². The van der Waals surface area contributed by atoms with E-state index in [-0.39, 0.29) is 18.0 Å². The second-order valence-corrected chi connectivity index (χ2v) is 7.48. The van der Waals surface area contributed by atoms with Crippen molar-refractivity contribution >= 4 is 20.0 Å². The molecule has 2 N–H and O–H groups in total. The molecule has 0 aliphatic rings. The summed E-state index contributed by atoms with van der Waals surface area (Å²) < 4.78 is 62.4. The molecular formula is C10H15FN2O4S2. The molecule has 0 amide bonds. The minimum Gasteiger partial charge on any atom is -0.215 e. The summed E-state index contributed by atoms with van der Waals surface area (Å²) in [6, 6.07) is 4.64. The Balaban J connectivity index is 2.48. The minimum atomic E-state index is -3.77. The maximum atomic E-state index is 12.9. The van der Waals surface area contributed by atoms with E-state index >= 15 is 0 Å². The Morgan fingerprint density at radius 3 is 2.32 bits per heavy atom. The van der Waals surface area contributed by atoms with Crippen molar-refractivity contribution in [2.45, 2.75) is 11.3 Å². The van der Waals surface area contributed by atoms with Crippen molar-refractivity contribution in [2.24, 2.45) is 0 Å². The van der Waals surface area contributed by atoms with Crippen LogP contribution in [0.4, 0.5) is 4.39 Å². The SMILES string of the molecule is CS(=O)(=O)NCCCNS(=O)(=O)c1cccc(F)c1. The van der Waals surface area contributed by atoms with Crippen LogP contribution >= 0.6 is 0 Å². The van der Waals surface area contributed by atoms with E-state index in [0.717, 1.165) is 18.4 Å². The standard InChI is InChI=1S/C10H15FN2O4S2/c1-18(14,15)12-6-3-7-13-19(16,17)10-5-2-4-9(11)8-10/h2,4-5,8,12-13H,3,6-7H2,1H3. The zero-order chi connectivity index (χ0) is 14.5. The molecule has 1 aromatic rings. The number of sulfonamides is 2. The number of hydrogen-bond acceptors (Lipinski definition) is 4. The first-order chi connectivity index (χ1) is 8.71. The fraction of sp³-hybridized carbons (Fsp3) is 0.400. The van der Waals surface area contributed by atoms with Crippen molar-refractivity contribution in [3.63, 3.8) is 0 Å². The van der Waals surface area contributed by atoms with E-state index in [9.17, 15) is 21.2 Å². The number of benzene rings is 1. The Kier molecular flexibility index (Phi) is 5.41. The maximum Gasteiger partial charge on any atom is 0.240 e. The average Bonchev–Trinajstić information content (AvgIpc) is 2.27. The van der Waals surface area contributed by atoms with Crippen LogP contribution < -0.4 is 9.44 Å². The van der Waals surface area contributed by atoms with E-state index in [1.54, 1.807) is 0 Å². The molecule has 0 radical (unpaired) electrons. The van der Waals surface area contributed by atoms with E-state index in [0.29, 0.717) is 6.42 Å². The number of hydrogen-bond donors (Lipinski definition) is 2. The summed E-state index contributed by atoms with van der Waals surface area (Å²) in [4.78, 5) is -0.163. The molecule has 0 aliphatic heterocycles. The van der Waals surface area contributed by atoms with Crippen LogP contribution in [-0.2, 0) is 20.0 Å². The lowest BCUT2D eigenvalue weighted by molar-refractivity contribution is 0.572. The van der Waals surface area contributed by atoms with Crippen LogP contribution in [-0.4, -0.2) is 36.2 Å². The number of rotatable bonds is 7. The summed E-state index contributed by atoms with van der Waals surface area (Å²) in [6.07, 6.45) is 1.31. The molecular weight excluding hydrogens is 295 g/mol. The molecule has 0 heterocycles. The molecule has 0 aromatic heterocycles. The molecule has 0 unspecified atom stereocenters. The van der Waals surface area contributed by atoms with Gasteiger partial charge in [0.2, 0.25) is 20.0 Å². The fourth-order valence-corrected chi connectivity index (χ4v) is 2.89. The predicted octanol–water partition coefficient (Wildman–Crippen LogP) is 0.0433. The van der Waals surface area contributed by atoms with Gasteiger partial charge in [0.15, 0.2) is 0 Å². The van der Waals surface area contributed by atoms with Gasteiger partial charge in [-0.2, -0.15) is 0 Å². The lowest BCUT2D eigenvalue weighted by Crippen LogP contribution is -2.29. The summed E-state index contributed by atoms with van der Waals surface area (Å²) in [7, 11) is -7.04. The molecule has 1 rings (SSSR count). The summed E-state index contributed by atoms with van der Waals surface area (Å²) >= 11 is 0. The summed E-state index contributed by atoms with van der Waals surface area (Å²) in [5.41, 5.74) is 0. The van der Waals surface area contributed by atoms with Crippen LogP contribution in [0.25, 0.3) is 0 Å². The highest BCUT2D eigenvalue weighted by molar-refractivity contribution is 7.89. The molecule has 0 saturated heterocycles. The van der Waals surface area contributed by atoms with Crippen LogP contribution in [0.15, 0.2) is 29.2 Å². The minimum absolute atomic E-state index is 0.0569. The van der Waals surface area contributed by atoms with Crippen LogP contribution in [0.3, 0.4) is 0 Å². The zero-order valence-corrected chi connectivity index (χ0v) is 11.9. The normalized spacial score (nSPS) is 12.5. The summed E-state index contributed by atoms with van der Waals surface area (Å²) in [6.45, 7) is 0.186. The smallest absolute Gasteiger partial charge is 0.215 e. The topological polar surface area (TPSA) is 92.3 Å². The van der Waals surface area contributed by atoms with Gasteiger partial charge in [-0.25, -0.2) is 30.7 Å². The van der Waals surface area contributed by atoms with E-state index < -0.39 is 25.9 Å². The second kappa shape index (κ2) is 6.42. The lowest BCUT2D eigenvalue weighted by Gasteiger charge is -2.07. The molecule has 0 saturated carbocycles. The molecule has 0 fully saturated rings. The molecule has 108 valence electrons. The monoisotopic (exact) mass is 310 g/mol. The molecule has 0 bridgehead atoms. The first kappa shape index (κ1) is 16.0. The van der Waals surface area contributed by atoms with Crippen molar-refractivity contribution in [1.29, 1.82) is 0 Å². The fourth-order valence-electron chi connectivity index (χ4n) is 1.27. The summed E-state index contributed by atoms with van der Waals surface area (Å²) in [5.74, 6) is -0.637. The highest BCUT2D eigenvalue weighted by Crippen LogP contribution is 2.09. The highest BCUT2D eigenvalue weighted by atomic mass is 32.2. The maximum absolute atomic E-state index is 12.9. The van der Waals surface area contributed by atoms with Gasteiger partial charge in [-0.05, 0) is 24.6 Å². The molecule has 9 heteroatoms. The average molecular weight is 310 g/mol. The number of halogens is 1. The van der Waals surface area contributed by atoms with Gasteiger partial charge in [-0.15, -0.1) is 0 Å². The Morgan fingerprint density at radius 1 is 1.11 bits per heavy atom. The Bertz CT molecular complexity index is 629. The van der Waals surface area contributed by atoms with Crippen LogP contribution in [0.2, 0.25) is 0 Å². The summed E-state index contributed by atoms with van der Waals surface area (Å²) in [5, 5.41) is 0. The largest absolute Gasteiger partial charge is 0.240 e. The quantitative estimate of drug-likeness (QED) is 0.696. The third kappa shape index (κ3) is 6.10. The van der Waals surface area contributed by atoms with Crippen molar-refractivity contribution in [3.05, 3.63) is 30.1 Å². The Morgan fingerprint density at radius 2 is 1.74 bits per heavy atom. The molecule has 1 aromatic carbocycles. The van der Waals surface area contributed by atoms with Gasteiger partial charge >= 0.3 is 0 Å². The zero-order valence-electron chi connectivity index (χ0n) is 10.3. The first-order valence-corrected chi connectivity index (χ1v) is 8.78. The van der Waals surface area contributed by atoms with Gasteiger partial charge in [-0.1, -0.05) is 6.07 Å². The molecule has 0 spiro atoms. The second-order valence-electron chi connectivity index (χ2n) is 3.88. The first-order valence-electron chi connectivity index (χ1n) is 5.40. The van der Waals surface area contributed by atoms with Gasteiger partial charge in [-0.3, -0.25) is 0 Å². The predicted molar refractivity (Wildman–Crippen MR) is 69.1 cm³/mol. The van der Waals surface area contributed by atoms with Crippen molar-refractivity contribution in [2.75, 3.05) is 19.3 Å². The third-order valence-corrected chi connectivity index (χ3v) is 4.30. The van der Waals surface area contributed by atoms with Gasteiger partial charge in [0.25, 0.3) is 0 Å². The van der Waals surface area contributed by atoms with Crippen LogP contribution in [0.5, 0.6) is 0 Å². The van der Waals surface area contributed by atoms with Crippen molar-refractivity contribution < 1.29 is 21.2 Å². The number of nitrogens with one attached hydrogen (secondary N) is 2. The highest BCUT2D eigenvalue weighted by Gasteiger charge is 2.13. The molecule has 6 nitrogen and oxygen atoms in total. The Hall–Kier alpha value is -1.03. The van der Waals surface area contributed by atoms with E-state index in [1.807, 2.05) is 0 Å². The van der Waals surface area contributed by atoms with Crippen molar-refractivity contribution in [3.8, 4) is 0 Å². The third-order valence-electron chi connectivity index (χ3n) is 2.12.